The van der Waals surface area contributed by atoms with E-state index in [1.54, 1.807) is 31.4 Å². The second kappa shape index (κ2) is 11.4. The molecule has 3 rings (SSSR count). The van der Waals surface area contributed by atoms with Crippen LogP contribution in [0.4, 0.5) is 27.5 Å². The van der Waals surface area contributed by atoms with Crippen LogP contribution in [0.1, 0.15) is 24.5 Å². The molecule has 8 heteroatoms. The van der Waals surface area contributed by atoms with Crippen molar-refractivity contribution in [3.63, 3.8) is 0 Å². The quantitative estimate of drug-likeness (QED) is 0.406. The zero-order valence-electron chi connectivity index (χ0n) is 18.0. The normalized spacial score (nSPS) is 10.1. The molecule has 0 bridgehead atoms. The summed E-state index contributed by atoms with van der Waals surface area (Å²) >= 11 is 0. The minimum Gasteiger partial charge on any atom is -0.369 e. The number of benzene rings is 2. The Morgan fingerprint density at radius 3 is 2.69 bits per heavy atom. The molecule has 32 heavy (non-hydrogen) atoms. The molecular formula is C24H25FN6O. The Bertz CT molecular complexity index is 1140. The van der Waals surface area contributed by atoms with E-state index in [-0.39, 0.29) is 18.3 Å². The largest absolute Gasteiger partial charge is 0.369 e. The Balaban J connectivity index is 1.82. The van der Waals surface area contributed by atoms with Crippen molar-refractivity contribution in [2.24, 2.45) is 0 Å². The predicted molar refractivity (Wildman–Crippen MR) is 125 cm³/mol. The number of amides is 1. The Morgan fingerprint density at radius 1 is 1.09 bits per heavy atom. The monoisotopic (exact) mass is 432 g/mol. The number of rotatable bonds is 8. The van der Waals surface area contributed by atoms with E-state index in [2.05, 4.69) is 50.0 Å². The Hall–Kier alpha value is -3.96. The fourth-order valence-electron chi connectivity index (χ4n) is 2.79. The molecule has 1 heterocycles. The van der Waals surface area contributed by atoms with Gasteiger partial charge >= 0.3 is 0 Å². The molecule has 0 radical (unpaired) electrons. The van der Waals surface area contributed by atoms with E-state index in [9.17, 15) is 9.18 Å². The fraction of sp³-hybridized carbons (Fsp3) is 0.208. The lowest BCUT2D eigenvalue weighted by atomic mass is 10.2. The van der Waals surface area contributed by atoms with Crippen LogP contribution in [0.5, 0.6) is 0 Å². The minimum atomic E-state index is -0.341. The molecule has 0 saturated carbocycles. The van der Waals surface area contributed by atoms with Crippen molar-refractivity contribution < 1.29 is 9.18 Å². The molecule has 0 aliphatic heterocycles. The number of carbonyl (C=O) groups excluding carboxylic acids is 1. The van der Waals surface area contributed by atoms with Gasteiger partial charge < -0.3 is 21.3 Å². The molecule has 0 aliphatic rings. The van der Waals surface area contributed by atoms with Crippen molar-refractivity contribution >= 4 is 29.0 Å². The summed E-state index contributed by atoms with van der Waals surface area (Å²) in [7, 11) is 1.71. The summed E-state index contributed by atoms with van der Waals surface area (Å²) in [4.78, 5) is 20.6. The van der Waals surface area contributed by atoms with Gasteiger partial charge in [0.2, 0.25) is 11.9 Å². The summed E-state index contributed by atoms with van der Waals surface area (Å²) in [5, 5.41) is 11.9. The summed E-state index contributed by atoms with van der Waals surface area (Å²) in [6.07, 6.45) is 2.54. The molecule has 1 amide bonds. The van der Waals surface area contributed by atoms with Gasteiger partial charge in [-0.05, 0) is 49.9 Å². The van der Waals surface area contributed by atoms with Crippen molar-refractivity contribution in [3.8, 4) is 11.8 Å². The number of hydrogen-bond donors (Lipinski definition) is 4. The highest BCUT2D eigenvalue weighted by Crippen LogP contribution is 2.18. The number of halogens is 1. The van der Waals surface area contributed by atoms with Gasteiger partial charge in [0.25, 0.3) is 0 Å². The fourth-order valence-corrected chi connectivity index (χ4v) is 2.79. The molecule has 0 unspecified atom stereocenters. The maximum absolute atomic E-state index is 13.4. The third-order valence-corrected chi connectivity index (χ3v) is 4.24. The molecule has 7 nitrogen and oxygen atoms in total. The third-order valence-electron chi connectivity index (χ3n) is 4.24. The van der Waals surface area contributed by atoms with Crippen LogP contribution in [-0.2, 0) is 4.79 Å². The van der Waals surface area contributed by atoms with E-state index in [0.29, 0.717) is 28.7 Å². The minimum absolute atomic E-state index is 0.126. The highest BCUT2D eigenvalue weighted by molar-refractivity contribution is 5.92. The van der Waals surface area contributed by atoms with E-state index in [4.69, 9.17) is 0 Å². The second-order valence-corrected chi connectivity index (χ2v) is 6.93. The van der Waals surface area contributed by atoms with Crippen LogP contribution >= 0.6 is 0 Å². The third kappa shape index (κ3) is 6.79. The maximum atomic E-state index is 13.4. The standard InChI is InChI=1S/C24H25FN6O/c1-3-12-27-23-18(15-28-24(31-23)30-21-9-5-7-19(25)14-21)11-10-17-6-4-8-20(13-17)29-22(32)16-26-2/h4-9,13-15,26H,3,12,16H2,1-2H3,(H,29,32)(H2,27,28,30,31). The number of nitrogens with one attached hydrogen (secondary N) is 4. The number of aromatic nitrogens is 2. The van der Waals surface area contributed by atoms with E-state index in [1.807, 2.05) is 18.2 Å². The first-order chi connectivity index (χ1) is 15.6. The van der Waals surface area contributed by atoms with Crippen molar-refractivity contribution in [1.29, 1.82) is 0 Å². The zero-order chi connectivity index (χ0) is 22.8. The van der Waals surface area contributed by atoms with Crippen LogP contribution in [0.15, 0.2) is 54.7 Å². The van der Waals surface area contributed by atoms with Gasteiger partial charge in [-0.1, -0.05) is 30.9 Å². The van der Waals surface area contributed by atoms with Crippen LogP contribution in [0.3, 0.4) is 0 Å². The topological polar surface area (TPSA) is 91.0 Å². The smallest absolute Gasteiger partial charge is 0.238 e. The highest BCUT2D eigenvalue weighted by Gasteiger charge is 2.07. The van der Waals surface area contributed by atoms with Crippen molar-refractivity contribution in [2.45, 2.75) is 13.3 Å². The van der Waals surface area contributed by atoms with E-state index < -0.39 is 0 Å². The van der Waals surface area contributed by atoms with Gasteiger partial charge in [0.15, 0.2) is 0 Å². The lowest BCUT2D eigenvalue weighted by Gasteiger charge is -2.10. The van der Waals surface area contributed by atoms with Gasteiger partial charge in [0.05, 0.1) is 18.3 Å². The summed E-state index contributed by atoms with van der Waals surface area (Å²) in [6, 6.07) is 13.4. The molecule has 4 N–H and O–H groups in total. The average Bonchev–Trinajstić information content (AvgIpc) is 2.77. The van der Waals surface area contributed by atoms with E-state index in [1.165, 1.54) is 12.1 Å². The lowest BCUT2D eigenvalue weighted by Crippen LogP contribution is -2.25. The van der Waals surface area contributed by atoms with Crippen molar-refractivity contribution in [1.82, 2.24) is 15.3 Å². The van der Waals surface area contributed by atoms with Gasteiger partial charge in [-0.3, -0.25) is 4.79 Å². The van der Waals surface area contributed by atoms with E-state index in [0.717, 1.165) is 18.5 Å². The lowest BCUT2D eigenvalue weighted by molar-refractivity contribution is -0.115. The molecule has 0 aliphatic carbocycles. The first kappa shape index (κ1) is 22.7. The van der Waals surface area contributed by atoms with Gasteiger partial charge in [-0.25, -0.2) is 9.37 Å². The number of carbonyl (C=O) groups is 1. The molecule has 0 atom stereocenters. The number of likely N-dealkylation sites (N-methyl/N-ethyl adjacent to an activating group) is 1. The Morgan fingerprint density at radius 2 is 1.91 bits per heavy atom. The first-order valence-electron chi connectivity index (χ1n) is 10.3. The molecule has 0 fully saturated rings. The molecule has 164 valence electrons. The molecule has 2 aromatic carbocycles. The van der Waals surface area contributed by atoms with Crippen LogP contribution in [0, 0.1) is 17.7 Å². The predicted octanol–water partition coefficient (Wildman–Crippen LogP) is 3.74. The van der Waals surface area contributed by atoms with Crippen LogP contribution in [0.2, 0.25) is 0 Å². The molecular weight excluding hydrogens is 407 g/mol. The second-order valence-electron chi connectivity index (χ2n) is 6.93. The van der Waals surface area contributed by atoms with Crippen molar-refractivity contribution in [2.75, 3.05) is 36.1 Å². The van der Waals surface area contributed by atoms with Gasteiger partial charge in [-0.2, -0.15) is 4.98 Å². The first-order valence-corrected chi connectivity index (χ1v) is 10.3. The molecule has 3 aromatic rings. The summed E-state index contributed by atoms with van der Waals surface area (Å²) in [5.41, 5.74) is 2.61. The number of anilines is 4. The zero-order valence-corrected chi connectivity index (χ0v) is 18.0. The maximum Gasteiger partial charge on any atom is 0.238 e. The van der Waals surface area contributed by atoms with Crippen molar-refractivity contribution in [3.05, 3.63) is 71.7 Å². The Labute approximate surface area is 186 Å². The molecule has 0 spiro atoms. The molecule has 0 saturated heterocycles. The number of nitrogens with zero attached hydrogens (tertiary/aromatic N) is 2. The summed E-state index contributed by atoms with van der Waals surface area (Å²) in [5.74, 6) is 6.65. The van der Waals surface area contributed by atoms with Gasteiger partial charge in [0.1, 0.15) is 11.6 Å². The highest BCUT2D eigenvalue weighted by atomic mass is 19.1. The van der Waals surface area contributed by atoms with E-state index >= 15 is 0 Å². The average molecular weight is 433 g/mol. The van der Waals surface area contributed by atoms with Crippen LogP contribution < -0.4 is 21.3 Å². The van der Waals surface area contributed by atoms with Gasteiger partial charge in [-0.15, -0.1) is 0 Å². The summed E-state index contributed by atoms with van der Waals surface area (Å²) in [6.45, 7) is 3.01. The number of hydrogen-bond acceptors (Lipinski definition) is 6. The SMILES string of the molecule is CCCNc1nc(Nc2cccc(F)c2)ncc1C#Cc1cccc(NC(=O)CNC)c1. The van der Waals surface area contributed by atoms with Crippen LogP contribution in [0.25, 0.3) is 0 Å². The van der Waals surface area contributed by atoms with Gasteiger partial charge in [0, 0.05) is 23.5 Å². The Kier molecular flexibility index (Phi) is 8.12. The molecule has 1 aromatic heterocycles. The van der Waals surface area contributed by atoms with Crippen LogP contribution in [-0.4, -0.2) is 36.0 Å². The summed E-state index contributed by atoms with van der Waals surface area (Å²) < 4.78 is 13.4.